The second kappa shape index (κ2) is 7.14. The van der Waals surface area contributed by atoms with Gasteiger partial charge in [-0.3, -0.25) is 9.36 Å². The predicted octanol–water partition coefficient (Wildman–Crippen LogP) is 2.35. The number of aromatic nitrogens is 2. The maximum atomic E-state index is 13.2. The van der Waals surface area contributed by atoms with E-state index in [-0.39, 0.29) is 28.7 Å². The molecule has 1 N–H and O–H groups in total. The fraction of sp³-hybridized carbons (Fsp3) is 0.176. The third-order valence-corrected chi connectivity index (χ3v) is 5.45. The Labute approximate surface area is 154 Å². The normalized spacial score (nSPS) is 11.8. The number of hydrogen-bond donors (Lipinski definition) is 1. The molecule has 0 unspecified atom stereocenters. The van der Waals surface area contributed by atoms with Crippen molar-refractivity contribution in [2.75, 3.05) is 0 Å². The van der Waals surface area contributed by atoms with Gasteiger partial charge in [-0.25, -0.2) is 22.5 Å². The van der Waals surface area contributed by atoms with Crippen LogP contribution in [0.1, 0.15) is 11.4 Å². The molecule has 0 saturated carbocycles. The molecule has 0 aliphatic rings. The first kappa shape index (κ1) is 18.5. The van der Waals surface area contributed by atoms with Crippen molar-refractivity contribution in [3.63, 3.8) is 0 Å². The van der Waals surface area contributed by atoms with Crippen LogP contribution in [0.5, 0.6) is 0 Å². The van der Waals surface area contributed by atoms with E-state index >= 15 is 0 Å². The first-order chi connectivity index (χ1) is 12.3. The summed E-state index contributed by atoms with van der Waals surface area (Å²) < 4.78 is 41.4. The summed E-state index contributed by atoms with van der Waals surface area (Å²) in [5, 5.41) is 0.318. The molecule has 0 radical (unpaired) electrons. The smallest absolute Gasteiger partial charge is 0.261 e. The number of para-hydroxylation sites is 1. The summed E-state index contributed by atoms with van der Waals surface area (Å²) in [6.45, 7) is -0.145. The van der Waals surface area contributed by atoms with E-state index in [1.54, 1.807) is 24.3 Å². The lowest BCUT2D eigenvalue weighted by Gasteiger charge is -2.11. The van der Waals surface area contributed by atoms with Crippen molar-refractivity contribution in [2.24, 2.45) is 7.05 Å². The summed E-state index contributed by atoms with van der Waals surface area (Å²) in [6, 6.07) is 10.6. The molecule has 1 aromatic heterocycles. The van der Waals surface area contributed by atoms with Gasteiger partial charge in [0.1, 0.15) is 11.6 Å². The highest BCUT2D eigenvalue weighted by Crippen LogP contribution is 2.17. The molecular weight excluding hydrogens is 381 g/mol. The van der Waals surface area contributed by atoms with Gasteiger partial charge in [0.25, 0.3) is 5.56 Å². The lowest BCUT2D eigenvalue weighted by molar-refractivity contribution is 0.575. The summed E-state index contributed by atoms with van der Waals surface area (Å²) >= 11 is 5.67. The van der Waals surface area contributed by atoms with Crippen molar-refractivity contribution in [1.29, 1.82) is 0 Å². The van der Waals surface area contributed by atoms with E-state index < -0.39 is 15.8 Å². The molecule has 0 saturated heterocycles. The number of sulfonamides is 1. The van der Waals surface area contributed by atoms with Crippen LogP contribution in [-0.2, 0) is 29.4 Å². The summed E-state index contributed by atoms with van der Waals surface area (Å²) in [6.07, 6.45) is 0. The van der Waals surface area contributed by atoms with E-state index in [0.717, 1.165) is 6.07 Å². The molecule has 0 amide bonds. The van der Waals surface area contributed by atoms with Crippen molar-refractivity contribution in [1.82, 2.24) is 14.3 Å². The predicted molar refractivity (Wildman–Crippen MR) is 97.9 cm³/mol. The van der Waals surface area contributed by atoms with Crippen molar-refractivity contribution in [3.05, 3.63) is 75.0 Å². The molecule has 136 valence electrons. The summed E-state index contributed by atoms with van der Waals surface area (Å²) in [4.78, 5) is 16.7. The van der Waals surface area contributed by atoms with Crippen LogP contribution in [-0.4, -0.2) is 18.0 Å². The molecule has 0 fully saturated rings. The Morgan fingerprint density at radius 3 is 2.69 bits per heavy atom. The van der Waals surface area contributed by atoms with Crippen LogP contribution < -0.4 is 10.3 Å². The first-order valence-corrected chi connectivity index (χ1v) is 9.66. The van der Waals surface area contributed by atoms with E-state index in [4.69, 9.17) is 11.6 Å². The van der Waals surface area contributed by atoms with Crippen LogP contribution >= 0.6 is 11.6 Å². The third kappa shape index (κ3) is 3.92. The molecule has 3 rings (SSSR count). The first-order valence-electron chi connectivity index (χ1n) is 7.63. The van der Waals surface area contributed by atoms with Crippen molar-refractivity contribution in [2.45, 2.75) is 12.3 Å². The minimum Gasteiger partial charge on any atom is -0.298 e. The molecule has 0 spiro atoms. The number of benzene rings is 2. The highest BCUT2D eigenvalue weighted by atomic mass is 35.5. The van der Waals surface area contributed by atoms with Gasteiger partial charge in [0.15, 0.2) is 0 Å². The molecule has 0 aliphatic heterocycles. The van der Waals surface area contributed by atoms with Gasteiger partial charge in [0, 0.05) is 7.05 Å². The number of rotatable bonds is 5. The Morgan fingerprint density at radius 2 is 1.96 bits per heavy atom. The minimum absolute atomic E-state index is 0.142. The molecule has 3 aromatic rings. The lowest BCUT2D eigenvalue weighted by atomic mass is 10.2. The summed E-state index contributed by atoms with van der Waals surface area (Å²) in [7, 11) is -2.20. The van der Waals surface area contributed by atoms with Crippen LogP contribution in [0.4, 0.5) is 4.39 Å². The van der Waals surface area contributed by atoms with Gasteiger partial charge in [0.05, 0.1) is 28.2 Å². The number of halogens is 2. The fourth-order valence-corrected chi connectivity index (χ4v) is 3.77. The monoisotopic (exact) mass is 395 g/mol. The van der Waals surface area contributed by atoms with Gasteiger partial charge in [0.2, 0.25) is 10.0 Å². The van der Waals surface area contributed by atoms with Gasteiger partial charge in [-0.15, -0.1) is 0 Å². The maximum Gasteiger partial charge on any atom is 0.261 e. The van der Waals surface area contributed by atoms with Crippen LogP contribution in [0.3, 0.4) is 0 Å². The lowest BCUT2D eigenvalue weighted by Crippen LogP contribution is -2.30. The molecule has 9 heteroatoms. The average molecular weight is 396 g/mol. The van der Waals surface area contributed by atoms with Crippen molar-refractivity contribution in [3.8, 4) is 0 Å². The minimum atomic E-state index is -3.73. The molecule has 6 nitrogen and oxygen atoms in total. The molecule has 0 atom stereocenters. The molecule has 0 bridgehead atoms. The topological polar surface area (TPSA) is 81.1 Å². The zero-order chi connectivity index (χ0) is 18.9. The second-order valence-corrected chi connectivity index (χ2v) is 7.95. The van der Waals surface area contributed by atoms with Gasteiger partial charge < -0.3 is 0 Å². The Balaban J connectivity index is 1.81. The van der Waals surface area contributed by atoms with Gasteiger partial charge in [-0.2, -0.15) is 0 Å². The van der Waals surface area contributed by atoms with Crippen molar-refractivity contribution >= 4 is 32.5 Å². The number of hydrogen-bond acceptors (Lipinski definition) is 4. The van der Waals surface area contributed by atoms with Crippen LogP contribution in [0.25, 0.3) is 10.9 Å². The SMILES string of the molecule is Cn1c(CNS(=O)(=O)Cc2ccc(F)c(Cl)c2)nc2ccccc2c1=O. The molecule has 1 heterocycles. The number of fused-ring (bicyclic) bond motifs is 1. The van der Waals surface area contributed by atoms with Crippen molar-refractivity contribution < 1.29 is 12.8 Å². The molecule has 26 heavy (non-hydrogen) atoms. The average Bonchev–Trinajstić information content (AvgIpc) is 2.60. The van der Waals surface area contributed by atoms with E-state index in [1.807, 2.05) is 0 Å². The molecular formula is C17H15ClFN3O3S. The Bertz CT molecular complexity index is 1150. The van der Waals surface area contributed by atoms with Gasteiger partial charge in [-0.05, 0) is 29.8 Å². The van der Waals surface area contributed by atoms with Crippen LogP contribution in [0, 0.1) is 5.82 Å². The number of nitrogens with zero attached hydrogens (tertiary/aromatic N) is 2. The molecule has 2 aromatic carbocycles. The standard InChI is InChI=1S/C17H15ClFN3O3S/c1-22-16(21-15-5-3-2-4-12(15)17(22)23)9-20-26(24,25)10-11-6-7-14(19)13(18)8-11/h2-8,20H,9-10H2,1H3. The highest BCUT2D eigenvalue weighted by molar-refractivity contribution is 7.88. The second-order valence-electron chi connectivity index (χ2n) is 5.74. The van der Waals surface area contributed by atoms with Crippen LogP contribution in [0.2, 0.25) is 5.02 Å². The Hall–Kier alpha value is -2.29. The Morgan fingerprint density at radius 1 is 1.23 bits per heavy atom. The number of nitrogens with one attached hydrogen (secondary N) is 1. The van der Waals surface area contributed by atoms with Crippen LogP contribution in [0.15, 0.2) is 47.3 Å². The maximum absolute atomic E-state index is 13.2. The highest BCUT2D eigenvalue weighted by Gasteiger charge is 2.15. The summed E-state index contributed by atoms with van der Waals surface area (Å²) in [5.74, 6) is -0.695. The van der Waals surface area contributed by atoms with Gasteiger partial charge >= 0.3 is 0 Å². The zero-order valence-corrected chi connectivity index (χ0v) is 15.3. The van der Waals surface area contributed by atoms with Gasteiger partial charge in [-0.1, -0.05) is 29.8 Å². The Kier molecular flexibility index (Phi) is 5.08. The molecule has 0 aliphatic carbocycles. The quantitative estimate of drug-likeness (QED) is 0.719. The third-order valence-electron chi connectivity index (χ3n) is 3.87. The fourth-order valence-electron chi connectivity index (χ4n) is 2.50. The zero-order valence-electron chi connectivity index (χ0n) is 13.7. The van der Waals surface area contributed by atoms with E-state index in [1.165, 1.54) is 23.7 Å². The van der Waals surface area contributed by atoms with E-state index in [9.17, 15) is 17.6 Å². The van der Waals surface area contributed by atoms with E-state index in [2.05, 4.69) is 9.71 Å². The van der Waals surface area contributed by atoms with E-state index in [0.29, 0.717) is 16.5 Å². The largest absolute Gasteiger partial charge is 0.298 e. The summed E-state index contributed by atoms with van der Waals surface area (Å²) in [5.41, 5.74) is 0.592.